The number of hydrogen-bond donors (Lipinski definition) is 0. The lowest BCUT2D eigenvalue weighted by Crippen LogP contribution is -2.33. The van der Waals surface area contributed by atoms with Crippen molar-refractivity contribution in [2.75, 3.05) is 0 Å². The van der Waals surface area contributed by atoms with E-state index < -0.39 is 0 Å². The predicted octanol–water partition coefficient (Wildman–Crippen LogP) is 4.89. The van der Waals surface area contributed by atoms with E-state index in [2.05, 4.69) is 48.6 Å². The molecule has 1 heteroatoms. The third kappa shape index (κ3) is 1.46. The molecule has 0 heterocycles. The van der Waals surface area contributed by atoms with Crippen molar-refractivity contribution < 1.29 is 0 Å². The van der Waals surface area contributed by atoms with Gasteiger partial charge in [-0.1, -0.05) is 60.6 Å². The maximum Gasteiger partial charge on any atom is 0.0181 e. The molecule has 0 aromatic heterocycles. The SMILES string of the molecule is CC1(C)C2=C(C=CCC2)C2C(I)CCCC21. The Labute approximate surface area is 113 Å². The van der Waals surface area contributed by atoms with Crippen molar-refractivity contribution in [2.24, 2.45) is 17.3 Å². The fraction of sp³-hybridized carbons (Fsp3) is 0.733. The van der Waals surface area contributed by atoms with Crippen molar-refractivity contribution >= 4 is 22.6 Å². The number of allylic oxidation sites excluding steroid dienone is 4. The highest BCUT2D eigenvalue weighted by Crippen LogP contribution is 2.59. The molecule has 0 bridgehead atoms. The minimum atomic E-state index is 0.481. The number of fused-ring (bicyclic) bond motifs is 2. The summed E-state index contributed by atoms with van der Waals surface area (Å²) >= 11 is 2.71. The van der Waals surface area contributed by atoms with E-state index in [4.69, 9.17) is 0 Å². The van der Waals surface area contributed by atoms with Crippen molar-refractivity contribution in [3.63, 3.8) is 0 Å². The number of hydrogen-bond acceptors (Lipinski definition) is 0. The van der Waals surface area contributed by atoms with Crippen molar-refractivity contribution in [2.45, 2.75) is 49.9 Å². The Morgan fingerprint density at radius 1 is 1.31 bits per heavy atom. The standard InChI is InChI=1S/C15H21I/c1-15(2)11-7-4-3-6-10(11)14-12(15)8-5-9-13(14)16/h3,6,12-14H,4-5,7-9H2,1-2H3. The van der Waals surface area contributed by atoms with Crippen LogP contribution in [-0.2, 0) is 0 Å². The van der Waals surface area contributed by atoms with Crippen molar-refractivity contribution in [3.05, 3.63) is 23.3 Å². The van der Waals surface area contributed by atoms with Crippen molar-refractivity contribution in [1.82, 2.24) is 0 Å². The number of halogens is 1. The van der Waals surface area contributed by atoms with Crippen LogP contribution in [0.1, 0.15) is 46.0 Å². The Morgan fingerprint density at radius 3 is 2.94 bits per heavy atom. The zero-order valence-electron chi connectivity index (χ0n) is 10.3. The van der Waals surface area contributed by atoms with Gasteiger partial charge in [-0.05, 0) is 48.5 Å². The molecular weight excluding hydrogens is 307 g/mol. The van der Waals surface area contributed by atoms with E-state index in [1.165, 1.54) is 32.1 Å². The summed E-state index contributed by atoms with van der Waals surface area (Å²) < 4.78 is 0.880. The quantitative estimate of drug-likeness (QED) is 0.439. The molecule has 3 aliphatic carbocycles. The van der Waals surface area contributed by atoms with Gasteiger partial charge in [0.25, 0.3) is 0 Å². The molecule has 0 saturated heterocycles. The first kappa shape index (κ1) is 11.3. The Balaban J connectivity index is 2.06. The Hall–Kier alpha value is 0.210. The molecule has 0 aliphatic heterocycles. The first-order valence-corrected chi connectivity index (χ1v) is 7.91. The Kier molecular flexibility index (Phi) is 2.73. The van der Waals surface area contributed by atoms with Gasteiger partial charge in [0.1, 0.15) is 0 Å². The Bertz CT molecular complexity index is 362. The molecule has 88 valence electrons. The average Bonchev–Trinajstić information content (AvgIpc) is 2.51. The molecular formula is C15H21I. The van der Waals surface area contributed by atoms with Crippen LogP contribution in [0.4, 0.5) is 0 Å². The zero-order chi connectivity index (χ0) is 11.3. The summed E-state index contributed by atoms with van der Waals surface area (Å²) in [4.78, 5) is 0. The topological polar surface area (TPSA) is 0 Å². The first-order valence-electron chi connectivity index (χ1n) is 6.66. The summed E-state index contributed by atoms with van der Waals surface area (Å²) in [6.45, 7) is 5.00. The largest absolute Gasteiger partial charge is 0.0839 e. The summed E-state index contributed by atoms with van der Waals surface area (Å²) in [6, 6.07) is 0. The second kappa shape index (κ2) is 3.86. The van der Waals surface area contributed by atoms with E-state index in [1.54, 1.807) is 11.1 Å². The van der Waals surface area contributed by atoms with Crippen LogP contribution in [0, 0.1) is 17.3 Å². The smallest absolute Gasteiger partial charge is 0.0181 e. The fourth-order valence-electron chi connectivity index (χ4n) is 4.28. The van der Waals surface area contributed by atoms with Gasteiger partial charge in [-0.3, -0.25) is 0 Å². The highest BCUT2D eigenvalue weighted by Gasteiger charge is 2.50. The molecule has 3 aliphatic rings. The van der Waals surface area contributed by atoms with Crippen LogP contribution in [0.5, 0.6) is 0 Å². The molecule has 0 aromatic rings. The summed E-state index contributed by atoms with van der Waals surface area (Å²) in [5.74, 6) is 1.80. The van der Waals surface area contributed by atoms with E-state index in [0.29, 0.717) is 5.41 Å². The van der Waals surface area contributed by atoms with Crippen LogP contribution in [0.15, 0.2) is 23.3 Å². The van der Waals surface area contributed by atoms with Crippen LogP contribution >= 0.6 is 22.6 Å². The highest BCUT2D eigenvalue weighted by molar-refractivity contribution is 14.1. The molecule has 1 saturated carbocycles. The third-order valence-electron chi connectivity index (χ3n) is 5.09. The maximum atomic E-state index is 2.71. The predicted molar refractivity (Wildman–Crippen MR) is 77.8 cm³/mol. The fourth-order valence-corrected chi connectivity index (χ4v) is 5.61. The molecule has 0 nitrogen and oxygen atoms in total. The van der Waals surface area contributed by atoms with Crippen LogP contribution in [0.25, 0.3) is 0 Å². The summed E-state index contributed by atoms with van der Waals surface area (Å²) in [5.41, 5.74) is 4.02. The molecule has 1 fully saturated rings. The van der Waals surface area contributed by atoms with E-state index in [9.17, 15) is 0 Å². The minimum absolute atomic E-state index is 0.481. The van der Waals surface area contributed by atoms with E-state index >= 15 is 0 Å². The van der Waals surface area contributed by atoms with Crippen LogP contribution in [-0.4, -0.2) is 3.92 Å². The third-order valence-corrected chi connectivity index (χ3v) is 6.49. The Morgan fingerprint density at radius 2 is 2.12 bits per heavy atom. The molecule has 3 atom stereocenters. The molecule has 3 unspecified atom stereocenters. The van der Waals surface area contributed by atoms with Gasteiger partial charge in [-0.25, -0.2) is 0 Å². The van der Waals surface area contributed by atoms with Crippen LogP contribution in [0.3, 0.4) is 0 Å². The van der Waals surface area contributed by atoms with Gasteiger partial charge >= 0.3 is 0 Å². The van der Waals surface area contributed by atoms with E-state index in [1.807, 2.05) is 0 Å². The monoisotopic (exact) mass is 328 g/mol. The van der Waals surface area contributed by atoms with Crippen molar-refractivity contribution in [1.29, 1.82) is 0 Å². The van der Waals surface area contributed by atoms with Crippen LogP contribution in [0.2, 0.25) is 0 Å². The molecule has 0 spiro atoms. The second-order valence-corrected chi connectivity index (χ2v) is 7.78. The van der Waals surface area contributed by atoms with E-state index in [0.717, 1.165) is 15.8 Å². The van der Waals surface area contributed by atoms with Crippen LogP contribution < -0.4 is 0 Å². The summed E-state index contributed by atoms with van der Waals surface area (Å²) in [7, 11) is 0. The molecule has 0 N–H and O–H groups in total. The minimum Gasteiger partial charge on any atom is -0.0839 e. The average molecular weight is 328 g/mol. The first-order chi connectivity index (χ1) is 7.62. The second-order valence-electron chi connectivity index (χ2n) is 6.18. The number of rotatable bonds is 0. The molecule has 3 rings (SSSR count). The van der Waals surface area contributed by atoms with Crippen molar-refractivity contribution in [3.8, 4) is 0 Å². The summed E-state index contributed by atoms with van der Waals surface area (Å²) in [5, 5.41) is 0. The highest BCUT2D eigenvalue weighted by atomic mass is 127. The molecule has 16 heavy (non-hydrogen) atoms. The molecule has 0 radical (unpaired) electrons. The summed E-state index contributed by atoms with van der Waals surface area (Å²) in [6.07, 6.45) is 11.8. The lowest BCUT2D eigenvalue weighted by atomic mass is 9.68. The van der Waals surface area contributed by atoms with Gasteiger partial charge in [0.05, 0.1) is 0 Å². The lowest BCUT2D eigenvalue weighted by molar-refractivity contribution is 0.182. The van der Waals surface area contributed by atoms with Gasteiger partial charge in [-0.2, -0.15) is 0 Å². The number of alkyl halides is 1. The zero-order valence-corrected chi connectivity index (χ0v) is 12.5. The van der Waals surface area contributed by atoms with Gasteiger partial charge in [0.2, 0.25) is 0 Å². The maximum absolute atomic E-state index is 2.71. The van der Waals surface area contributed by atoms with Gasteiger partial charge in [0.15, 0.2) is 0 Å². The normalized spacial score (nSPS) is 40.8. The molecule has 0 aromatic carbocycles. The lowest BCUT2D eigenvalue weighted by Gasteiger charge is -2.39. The van der Waals surface area contributed by atoms with Gasteiger partial charge in [0, 0.05) is 3.92 Å². The van der Waals surface area contributed by atoms with Gasteiger partial charge in [-0.15, -0.1) is 0 Å². The van der Waals surface area contributed by atoms with E-state index in [-0.39, 0.29) is 0 Å². The van der Waals surface area contributed by atoms with Gasteiger partial charge < -0.3 is 0 Å². The molecule has 0 amide bonds.